The number of Topliss-reactive ketones (excluding diaryl/α,β-unsaturated/α-hetero) is 1. The van der Waals surface area contributed by atoms with Crippen molar-refractivity contribution in [3.63, 3.8) is 0 Å². The van der Waals surface area contributed by atoms with Crippen LogP contribution < -0.4 is 4.74 Å². The number of carbonyl (C=O) groups is 1. The van der Waals surface area contributed by atoms with Crippen LogP contribution in [0.5, 0.6) is 5.75 Å². The largest absolute Gasteiger partial charge is 0.496 e. The van der Waals surface area contributed by atoms with Crippen LogP contribution in [0.2, 0.25) is 0 Å². The third-order valence-electron chi connectivity index (χ3n) is 3.79. The highest BCUT2D eigenvalue weighted by molar-refractivity contribution is 6.02. The summed E-state index contributed by atoms with van der Waals surface area (Å²) in [7, 11) is 1.61. The molecule has 3 heteroatoms. The molecule has 2 unspecified atom stereocenters. The highest BCUT2D eigenvalue weighted by Crippen LogP contribution is 2.31. The van der Waals surface area contributed by atoms with E-state index < -0.39 is 0 Å². The summed E-state index contributed by atoms with van der Waals surface area (Å²) >= 11 is 0. The lowest BCUT2D eigenvalue weighted by Crippen LogP contribution is -2.25. The van der Waals surface area contributed by atoms with Crippen molar-refractivity contribution in [2.75, 3.05) is 13.7 Å². The van der Waals surface area contributed by atoms with Gasteiger partial charge >= 0.3 is 0 Å². The summed E-state index contributed by atoms with van der Waals surface area (Å²) in [6.07, 6.45) is 0.629. The van der Waals surface area contributed by atoms with Crippen LogP contribution in [0.3, 0.4) is 0 Å². The second kappa shape index (κ2) is 5.11. The Bertz CT molecular complexity index is 465. The molecule has 0 radical (unpaired) electrons. The molecule has 0 N–H and O–H groups in total. The van der Waals surface area contributed by atoms with E-state index in [1.165, 1.54) is 0 Å². The standard InChI is InChI=1S/C15H20O3/c1-9-5-6-12(15(17-4)11(9)3)13(16)14-10(2)7-8-18-14/h5-6,10,14H,7-8H2,1-4H3. The molecule has 0 spiro atoms. The van der Waals surface area contributed by atoms with Gasteiger partial charge in [-0.2, -0.15) is 0 Å². The van der Waals surface area contributed by atoms with E-state index in [1.807, 2.05) is 26.0 Å². The molecular formula is C15H20O3. The fraction of sp³-hybridized carbons (Fsp3) is 0.533. The predicted octanol–water partition coefficient (Wildman–Crippen LogP) is 2.92. The Hall–Kier alpha value is -1.35. The van der Waals surface area contributed by atoms with Gasteiger partial charge in [0.15, 0.2) is 5.78 Å². The van der Waals surface area contributed by atoms with Gasteiger partial charge in [0.2, 0.25) is 0 Å². The van der Waals surface area contributed by atoms with Crippen molar-refractivity contribution in [1.29, 1.82) is 0 Å². The van der Waals surface area contributed by atoms with Crippen molar-refractivity contribution in [1.82, 2.24) is 0 Å². The first-order chi connectivity index (χ1) is 8.56. The van der Waals surface area contributed by atoms with Gasteiger partial charge in [-0.05, 0) is 43.4 Å². The molecule has 98 valence electrons. The molecule has 1 saturated heterocycles. The van der Waals surface area contributed by atoms with Crippen molar-refractivity contribution in [3.8, 4) is 5.75 Å². The normalized spacial score (nSPS) is 23.1. The smallest absolute Gasteiger partial charge is 0.195 e. The van der Waals surface area contributed by atoms with Crippen LogP contribution >= 0.6 is 0 Å². The van der Waals surface area contributed by atoms with Crippen molar-refractivity contribution in [2.45, 2.75) is 33.3 Å². The summed E-state index contributed by atoms with van der Waals surface area (Å²) in [6.45, 7) is 6.72. The van der Waals surface area contributed by atoms with E-state index in [9.17, 15) is 4.79 Å². The molecule has 1 aliphatic heterocycles. The van der Waals surface area contributed by atoms with Crippen LogP contribution in [0.4, 0.5) is 0 Å². The number of hydrogen-bond acceptors (Lipinski definition) is 3. The Morgan fingerprint density at radius 2 is 2.11 bits per heavy atom. The zero-order valence-corrected chi connectivity index (χ0v) is 11.4. The molecule has 0 aromatic heterocycles. The Morgan fingerprint density at radius 3 is 2.67 bits per heavy atom. The van der Waals surface area contributed by atoms with Gasteiger partial charge in [0.25, 0.3) is 0 Å². The fourth-order valence-corrected chi connectivity index (χ4v) is 2.43. The molecule has 18 heavy (non-hydrogen) atoms. The van der Waals surface area contributed by atoms with Gasteiger partial charge in [-0.3, -0.25) is 4.79 Å². The van der Waals surface area contributed by atoms with Crippen LogP contribution in [0.25, 0.3) is 0 Å². The topological polar surface area (TPSA) is 35.5 Å². The van der Waals surface area contributed by atoms with E-state index in [4.69, 9.17) is 9.47 Å². The lowest BCUT2D eigenvalue weighted by Gasteiger charge is -2.17. The second-order valence-corrected chi connectivity index (χ2v) is 5.01. The number of aryl methyl sites for hydroxylation is 1. The number of carbonyl (C=O) groups excluding carboxylic acids is 1. The number of ether oxygens (including phenoxy) is 2. The summed E-state index contributed by atoms with van der Waals surface area (Å²) in [5.41, 5.74) is 2.79. The molecule has 0 amide bonds. The zero-order chi connectivity index (χ0) is 13.3. The molecule has 1 heterocycles. The Morgan fingerprint density at radius 1 is 1.39 bits per heavy atom. The number of hydrogen-bond donors (Lipinski definition) is 0. The first-order valence-corrected chi connectivity index (χ1v) is 6.36. The Kier molecular flexibility index (Phi) is 3.71. The Labute approximate surface area is 108 Å². The average molecular weight is 248 g/mol. The van der Waals surface area contributed by atoms with Crippen molar-refractivity contribution in [2.24, 2.45) is 5.92 Å². The molecule has 1 aliphatic rings. The minimum Gasteiger partial charge on any atom is -0.496 e. The van der Waals surface area contributed by atoms with Gasteiger partial charge in [0.1, 0.15) is 11.9 Å². The average Bonchev–Trinajstić information content (AvgIpc) is 2.78. The summed E-state index contributed by atoms with van der Waals surface area (Å²) in [5.74, 6) is 1.01. The van der Waals surface area contributed by atoms with Crippen LogP contribution in [0.15, 0.2) is 12.1 Å². The first kappa shape index (κ1) is 13.1. The first-order valence-electron chi connectivity index (χ1n) is 6.36. The lowest BCUT2D eigenvalue weighted by molar-refractivity contribution is 0.0576. The lowest BCUT2D eigenvalue weighted by atomic mass is 9.93. The highest BCUT2D eigenvalue weighted by atomic mass is 16.5. The van der Waals surface area contributed by atoms with Crippen molar-refractivity contribution >= 4 is 5.78 Å². The van der Waals surface area contributed by atoms with E-state index >= 15 is 0 Å². The third kappa shape index (κ3) is 2.15. The molecule has 3 nitrogen and oxygen atoms in total. The fourth-order valence-electron chi connectivity index (χ4n) is 2.43. The maximum Gasteiger partial charge on any atom is 0.195 e. The molecule has 1 fully saturated rings. The minimum atomic E-state index is -0.319. The molecule has 1 aromatic rings. The van der Waals surface area contributed by atoms with Gasteiger partial charge in [-0.25, -0.2) is 0 Å². The number of benzene rings is 1. The van der Waals surface area contributed by atoms with Gasteiger partial charge in [-0.1, -0.05) is 13.0 Å². The molecule has 0 bridgehead atoms. The molecule has 2 atom stereocenters. The van der Waals surface area contributed by atoms with E-state index in [2.05, 4.69) is 6.92 Å². The summed E-state index contributed by atoms with van der Waals surface area (Å²) in [4.78, 5) is 12.5. The van der Waals surface area contributed by atoms with Gasteiger partial charge in [-0.15, -0.1) is 0 Å². The summed E-state index contributed by atoms with van der Waals surface area (Å²) in [5, 5.41) is 0. The van der Waals surface area contributed by atoms with Crippen molar-refractivity contribution < 1.29 is 14.3 Å². The molecular weight excluding hydrogens is 228 g/mol. The van der Waals surface area contributed by atoms with E-state index in [0.29, 0.717) is 17.9 Å². The van der Waals surface area contributed by atoms with Crippen molar-refractivity contribution in [3.05, 3.63) is 28.8 Å². The number of methoxy groups -OCH3 is 1. The number of ketones is 1. The molecule has 0 saturated carbocycles. The van der Waals surface area contributed by atoms with E-state index in [-0.39, 0.29) is 17.8 Å². The van der Waals surface area contributed by atoms with Crippen LogP contribution in [-0.2, 0) is 4.74 Å². The summed E-state index contributed by atoms with van der Waals surface area (Å²) < 4.78 is 10.9. The molecule has 1 aromatic carbocycles. The molecule has 2 rings (SSSR count). The van der Waals surface area contributed by atoms with E-state index in [0.717, 1.165) is 17.5 Å². The number of rotatable bonds is 3. The van der Waals surface area contributed by atoms with Crippen LogP contribution in [-0.4, -0.2) is 25.6 Å². The summed E-state index contributed by atoms with van der Waals surface area (Å²) in [6, 6.07) is 3.81. The second-order valence-electron chi connectivity index (χ2n) is 5.01. The third-order valence-corrected chi connectivity index (χ3v) is 3.79. The van der Waals surface area contributed by atoms with Crippen LogP contribution in [0.1, 0.15) is 34.8 Å². The molecule has 0 aliphatic carbocycles. The minimum absolute atomic E-state index is 0.0416. The monoisotopic (exact) mass is 248 g/mol. The zero-order valence-electron chi connectivity index (χ0n) is 11.4. The highest BCUT2D eigenvalue weighted by Gasteiger charge is 2.33. The quantitative estimate of drug-likeness (QED) is 0.771. The van der Waals surface area contributed by atoms with Gasteiger partial charge in [0, 0.05) is 6.61 Å². The Balaban J connectivity index is 2.39. The van der Waals surface area contributed by atoms with Gasteiger partial charge in [0.05, 0.1) is 12.7 Å². The maximum atomic E-state index is 12.5. The van der Waals surface area contributed by atoms with Crippen LogP contribution in [0, 0.1) is 19.8 Å². The predicted molar refractivity (Wildman–Crippen MR) is 70.3 cm³/mol. The SMILES string of the molecule is COc1c(C(=O)C2OCCC2C)ccc(C)c1C. The maximum absolute atomic E-state index is 12.5. The van der Waals surface area contributed by atoms with Gasteiger partial charge < -0.3 is 9.47 Å². The van der Waals surface area contributed by atoms with E-state index in [1.54, 1.807) is 7.11 Å².